The molecule has 0 bridgehead atoms. The number of carbonyl (C=O) groups is 2. The summed E-state index contributed by atoms with van der Waals surface area (Å²) in [6, 6.07) is 12.1. The van der Waals surface area contributed by atoms with Gasteiger partial charge in [0.05, 0.1) is 21.4 Å². The highest BCUT2D eigenvalue weighted by molar-refractivity contribution is 7.91. The number of hydrogen-bond acceptors (Lipinski definition) is 6. The van der Waals surface area contributed by atoms with Crippen LogP contribution in [0.2, 0.25) is 0 Å². The van der Waals surface area contributed by atoms with Crippen LogP contribution in [0.4, 0.5) is 11.4 Å². The molecule has 1 aliphatic rings. The summed E-state index contributed by atoms with van der Waals surface area (Å²) >= 11 is 0. The van der Waals surface area contributed by atoms with Crippen LogP contribution in [0.15, 0.2) is 58.3 Å². The predicted molar refractivity (Wildman–Crippen MR) is 125 cm³/mol. The number of sulfonamides is 1. The van der Waals surface area contributed by atoms with Gasteiger partial charge < -0.3 is 10.2 Å². The normalized spacial score (nSPS) is 16.9. The highest BCUT2D eigenvalue weighted by Gasteiger charge is 2.36. The van der Waals surface area contributed by atoms with Crippen LogP contribution in [0.25, 0.3) is 0 Å². The van der Waals surface area contributed by atoms with Gasteiger partial charge in [-0.3, -0.25) is 9.59 Å². The van der Waals surface area contributed by atoms with E-state index in [0.29, 0.717) is 18.8 Å². The van der Waals surface area contributed by atoms with Gasteiger partial charge >= 0.3 is 0 Å². The van der Waals surface area contributed by atoms with Gasteiger partial charge in [0, 0.05) is 38.0 Å². The summed E-state index contributed by atoms with van der Waals surface area (Å²) in [5.74, 6) is -1.40. The Morgan fingerprint density at radius 2 is 1.64 bits per heavy atom. The van der Waals surface area contributed by atoms with Crippen molar-refractivity contribution in [3.63, 3.8) is 0 Å². The van der Waals surface area contributed by atoms with Gasteiger partial charge in [0.25, 0.3) is 0 Å². The molecule has 1 atom stereocenters. The van der Waals surface area contributed by atoms with Crippen LogP contribution < -0.4 is 10.2 Å². The zero-order chi connectivity index (χ0) is 24.4. The molecule has 11 heteroatoms. The first-order valence-electron chi connectivity index (χ1n) is 10.5. The van der Waals surface area contributed by atoms with Gasteiger partial charge in [0.2, 0.25) is 21.8 Å². The molecular weight excluding hydrogens is 466 g/mol. The molecular formula is C22H27N3O6S2. The number of anilines is 2. The number of nitrogens with zero attached hydrogens (tertiary/aromatic N) is 2. The number of amides is 2. The molecule has 9 nitrogen and oxygen atoms in total. The standard InChI is InChI=1S/C22H27N3O6S2/c1-4-24(5-2)33(30,31)18-12-10-17(11-13-18)25-15-16(14-21(25)26)22(27)23-19-8-6-7-9-20(19)32(3,28)29/h6-13,16H,4-5,14-15H2,1-3H3,(H,23,27). The minimum atomic E-state index is -3.61. The van der Waals surface area contributed by atoms with Crippen molar-refractivity contribution in [2.75, 3.05) is 36.1 Å². The summed E-state index contributed by atoms with van der Waals surface area (Å²) in [5, 5.41) is 2.62. The predicted octanol–water partition coefficient (Wildman–Crippen LogP) is 2.11. The largest absolute Gasteiger partial charge is 0.325 e. The van der Waals surface area contributed by atoms with Crippen molar-refractivity contribution in [2.24, 2.45) is 5.92 Å². The summed E-state index contributed by atoms with van der Waals surface area (Å²) in [6.45, 7) is 4.33. The second-order valence-electron chi connectivity index (χ2n) is 7.75. The lowest BCUT2D eigenvalue weighted by Gasteiger charge is -2.20. The van der Waals surface area contributed by atoms with Crippen molar-refractivity contribution in [2.45, 2.75) is 30.1 Å². The van der Waals surface area contributed by atoms with Gasteiger partial charge in [0.1, 0.15) is 0 Å². The molecule has 1 unspecified atom stereocenters. The maximum absolute atomic E-state index is 12.8. The van der Waals surface area contributed by atoms with Crippen LogP contribution >= 0.6 is 0 Å². The molecule has 1 heterocycles. The fraction of sp³-hybridized carbons (Fsp3) is 0.364. The average Bonchev–Trinajstić information content (AvgIpc) is 3.16. The Kier molecular flexibility index (Phi) is 7.25. The van der Waals surface area contributed by atoms with Crippen molar-refractivity contribution < 1.29 is 26.4 Å². The maximum atomic E-state index is 12.8. The van der Waals surface area contributed by atoms with Crippen LogP contribution in [-0.2, 0) is 29.4 Å². The Hall–Kier alpha value is -2.76. The van der Waals surface area contributed by atoms with E-state index in [1.165, 1.54) is 33.5 Å². The van der Waals surface area contributed by atoms with E-state index in [0.717, 1.165) is 6.26 Å². The second kappa shape index (κ2) is 9.62. The number of para-hydroxylation sites is 1. The Balaban J connectivity index is 1.75. The first-order chi connectivity index (χ1) is 15.5. The van der Waals surface area contributed by atoms with E-state index in [4.69, 9.17) is 0 Å². The molecule has 1 saturated heterocycles. The summed E-state index contributed by atoms with van der Waals surface area (Å²) in [5.41, 5.74) is 0.659. The smallest absolute Gasteiger partial charge is 0.243 e. The molecule has 0 aromatic heterocycles. The van der Waals surface area contributed by atoms with Crippen molar-refractivity contribution in [3.05, 3.63) is 48.5 Å². The van der Waals surface area contributed by atoms with Crippen LogP contribution in [0, 0.1) is 5.92 Å². The number of hydrogen-bond donors (Lipinski definition) is 1. The third-order valence-corrected chi connectivity index (χ3v) is 8.75. The summed E-state index contributed by atoms with van der Waals surface area (Å²) in [7, 11) is -7.15. The van der Waals surface area contributed by atoms with Crippen molar-refractivity contribution in [1.29, 1.82) is 0 Å². The van der Waals surface area contributed by atoms with Crippen LogP contribution in [0.3, 0.4) is 0 Å². The lowest BCUT2D eigenvalue weighted by atomic mass is 10.1. The van der Waals surface area contributed by atoms with E-state index in [-0.39, 0.29) is 34.4 Å². The van der Waals surface area contributed by atoms with Gasteiger partial charge in [-0.05, 0) is 36.4 Å². The number of carbonyl (C=O) groups excluding carboxylic acids is 2. The Labute approximate surface area is 194 Å². The minimum absolute atomic E-state index is 0.00419. The number of benzene rings is 2. The molecule has 3 rings (SSSR count). The first kappa shape index (κ1) is 24.9. The van der Waals surface area contributed by atoms with E-state index in [9.17, 15) is 26.4 Å². The molecule has 0 spiro atoms. The quantitative estimate of drug-likeness (QED) is 0.601. The van der Waals surface area contributed by atoms with Crippen LogP contribution in [-0.4, -0.2) is 58.8 Å². The SMILES string of the molecule is CCN(CC)S(=O)(=O)c1ccc(N2CC(C(=O)Nc3ccccc3S(C)(=O)=O)CC2=O)cc1. The van der Waals surface area contributed by atoms with E-state index in [1.807, 2.05) is 0 Å². The third kappa shape index (κ3) is 5.26. The molecule has 1 fully saturated rings. The van der Waals surface area contributed by atoms with Gasteiger partial charge in [0.15, 0.2) is 9.84 Å². The molecule has 0 saturated carbocycles. The number of nitrogens with one attached hydrogen (secondary N) is 1. The summed E-state index contributed by atoms with van der Waals surface area (Å²) in [6.07, 6.45) is 1.02. The monoisotopic (exact) mass is 493 g/mol. The lowest BCUT2D eigenvalue weighted by Crippen LogP contribution is -2.31. The molecule has 0 radical (unpaired) electrons. The van der Waals surface area contributed by atoms with Gasteiger partial charge in [-0.2, -0.15) is 4.31 Å². The topological polar surface area (TPSA) is 121 Å². The molecule has 2 amide bonds. The van der Waals surface area contributed by atoms with Crippen LogP contribution in [0.5, 0.6) is 0 Å². The second-order valence-corrected chi connectivity index (χ2v) is 11.7. The highest BCUT2D eigenvalue weighted by atomic mass is 32.2. The Bertz CT molecular complexity index is 1250. The lowest BCUT2D eigenvalue weighted by molar-refractivity contribution is -0.122. The zero-order valence-electron chi connectivity index (χ0n) is 18.7. The van der Waals surface area contributed by atoms with Crippen molar-refractivity contribution in [1.82, 2.24) is 4.31 Å². The fourth-order valence-corrected chi connectivity index (χ4v) is 6.07. The van der Waals surface area contributed by atoms with E-state index in [2.05, 4.69) is 5.32 Å². The average molecular weight is 494 g/mol. The van der Waals surface area contributed by atoms with Crippen molar-refractivity contribution >= 4 is 43.0 Å². The molecule has 178 valence electrons. The molecule has 33 heavy (non-hydrogen) atoms. The van der Waals surface area contributed by atoms with Crippen LogP contribution in [0.1, 0.15) is 20.3 Å². The molecule has 0 aliphatic carbocycles. The maximum Gasteiger partial charge on any atom is 0.243 e. The van der Waals surface area contributed by atoms with E-state index in [1.54, 1.807) is 38.1 Å². The third-order valence-electron chi connectivity index (χ3n) is 5.53. The van der Waals surface area contributed by atoms with Gasteiger partial charge in [-0.15, -0.1) is 0 Å². The first-order valence-corrected chi connectivity index (χ1v) is 13.8. The highest BCUT2D eigenvalue weighted by Crippen LogP contribution is 2.29. The molecule has 1 aliphatic heterocycles. The van der Waals surface area contributed by atoms with Gasteiger partial charge in [-0.1, -0.05) is 26.0 Å². The number of rotatable bonds is 8. The van der Waals surface area contributed by atoms with E-state index >= 15 is 0 Å². The molecule has 2 aromatic carbocycles. The van der Waals surface area contributed by atoms with Crippen molar-refractivity contribution in [3.8, 4) is 0 Å². The summed E-state index contributed by atoms with van der Waals surface area (Å²) < 4.78 is 50.6. The Morgan fingerprint density at radius 3 is 2.21 bits per heavy atom. The number of sulfone groups is 1. The zero-order valence-corrected chi connectivity index (χ0v) is 20.3. The Morgan fingerprint density at radius 1 is 1.03 bits per heavy atom. The van der Waals surface area contributed by atoms with E-state index < -0.39 is 31.7 Å². The minimum Gasteiger partial charge on any atom is -0.325 e. The molecule has 2 aromatic rings. The van der Waals surface area contributed by atoms with Gasteiger partial charge in [-0.25, -0.2) is 16.8 Å². The fourth-order valence-electron chi connectivity index (χ4n) is 3.77. The molecule has 1 N–H and O–H groups in total. The summed E-state index contributed by atoms with van der Waals surface area (Å²) in [4.78, 5) is 26.9.